The summed E-state index contributed by atoms with van der Waals surface area (Å²) in [5, 5.41) is 18.0. The number of aromatic nitrogens is 2. The molecule has 4 N–H and O–H groups in total. The fourth-order valence-electron chi connectivity index (χ4n) is 6.52. The van der Waals surface area contributed by atoms with Gasteiger partial charge in [-0.1, -0.05) is 0 Å². The molecule has 2 aromatic rings. The molecule has 2 saturated carbocycles. The summed E-state index contributed by atoms with van der Waals surface area (Å²) in [6.45, 7) is 4.72. The first kappa shape index (κ1) is 26.5. The van der Waals surface area contributed by atoms with Gasteiger partial charge in [0.2, 0.25) is 11.2 Å². The Morgan fingerprint density at radius 3 is 2.76 bits per heavy atom. The van der Waals surface area contributed by atoms with E-state index in [4.69, 9.17) is 17.3 Å². The number of rotatable bonds is 9. The van der Waals surface area contributed by atoms with Crippen molar-refractivity contribution in [3.63, 3.8) is 0 Å². The van der Waals surface area contributed by atoms with E-state index in [9.17, 15) is 19.3 Å². The molecule has 204 valence electrons. The quantitative estimate of drug-likeness (QED) is 0.245. The first-order valence-corrected chi connectivity index (χ1v) is 13.2. The van der Waals surface area contributed by atoms with Crippen LogP contribution in [0.1, 0.15) is 18.4 Å². The molecule has 38 heavy (non-hydrogen) atoms. The Morgan fingerprint density at radius 1 is 1.29 bits per heavy atom. The van der Waals surface area contributed by atoms with Crippen molar-refractivity contribution in [3.05, 3.63) is 51.2 Å². The van der Waals surface area contributed by atoms with Crippen molar-refractivity contribution in [2.24, 2.45) is 29.4 Å². The minimum absolute atomic E-state index is 0.0334. The van der Waals surface area contributed by atoms with E-state index in [1.165, 1.54) is 0 Å². The van der Waals surface area contributed by atoms with Crippen LogP contribution in [-0.2, 0) is 11.3 Å². The molecule has 1 aromatic heterocycles. The molecule has 1 aromatic carbocycles. The first-order valence-electron chi connectivity index (χ1n) is 12.9. The Labute approximate surface area is 225 Å². The summed E-state index contributed by atoms with van der Waals surface area (Å²) in [4.78, 5) is 35.5. The lowest BCUT2D eigenvalue weighted by Crippen LogP contribution is -2.47. The summed E-state index contributed by atoms with van der Waals surface area (Å²) >= 11 is 5.86. The second-order valence-electron chi connectivity index (χ2n) is 10.6. The van der Waals surface area contributed by atoms with E-state index >= 15 is 0 Å². The minimum atomic E-state index is -0.642. The average molecular weight is 547 g/mol. The number of benzene rings is 1. The highest BCUT2D eigenvalue weighted by atomic mass is 35.5. The van der Waals surface area contributed by atoms with Crippen LogP contribution in [0.4, 0.5) is 21.6 Å². The number of piperazine rings is 1. The number of nitrogens with two attached hydrogens (primary N) is 1. The molecule has 0 spiro atoms. The molecule has 13 heteroatoms. The molecule has 1 saturated heterocycles. The Morgan fingerprint density at radius 2 is 2.05 bits per heavy atom. The number of halogens is 2. The van der Waals surface area contributed by atoms with Gasteiger partial charge in [0.15, 0.2) is 11.6 Å². The van der Waals surface area contributed by atoms with Gasteiger partial charge in [0, 0.05) is 56.6 Å². The van der Waals surface area contributed by atoms with Crippen LogP contribution in [0.2, 0.25) is 5.28 Å². The van der Waals surface area contributed by atoms with Crippen molar-refractivity contribution in [1.29, 1.82) is 0 Å². The number of nitrogens with one attached hydrogen (secondary N) is 2. The van der Waals surface area contributed by atoms with Crippen LogP contribution in [0.3, 0.4) is 0 Å². The van der Waals surface area contributed by atoms with Gasteiger partial charge < -0.3 is 26.2 Å². The summed E-state index contributed by atoms with van der Waals surface area (Å²) in [6.07, 6.45) is 2.64. The van der Waals surface area contributed by atoms with Crippen LogP contribution < -0.4 is 21.3 Å². The fourth-order valence-corrected chi connectivity index (χ4v) is 6.65. The zero-order valence-corrected chi connectivity index (χ0v) is 21.9. The molecule has 1 aliphatic heterocycles. The number of nitro benzene ring substituents is 1. The molecule has 0 radical (unpaired) electrons. The lowest BCUT2D eigenvalue weighted by atomic mass is 9.77. The smallest absolute Gasteiger partial charge is 0.269 e. The van der Waals surface area contributed by atoms with E-state index in [0.29, 0.717) is 13.1 Å². The number of primary amides is 1. The van der Waals surface area contributed by atoms with Crippen molar-refractivity contribution in [2.45, 2.75) is 25.4 Å². The molecular formula is C25H32ClFN8O3. The summed E-state index contributed by atoms with van der Waals surface area (Å²) in [6, 6.07) is 4.69. The molecule has 2 aliphatic carbocycles. The summed E-state index contributed by atoms with van der Waals surface area (Å²) in [7, 11) is 2.09. The number of anilines is 2. The number of hydrogen-bond donors (Lipinski definition) is 3. The zero-order chi connectivity index (χ0) is 27.0. The molecule has 5 rings (SSSR count). The number of fused-ring (bicyclic) bond motifs is 2. The van der Waals surface area contributed by atoms with Gasteiger partial charge in [0.1, 0.15) is 0 Å². The Bertz CT molecular complexity index is 1210. The van der Waals surface area contributed by atoms with E-state index in [1.807, 2.05) is 6.07 Å². The molecule has 2 bridgehead atoms. The van der Waals surface area contributed by atoms with Gasteiger partial charge in [-0.25, -0.2) is 9.37 Å². The molecule has 2 heterocycles. The summed E-state index contributed by atoms with van der Waals surface area (Å²) in [5.74, 6) is -1.10. The molecule has 1 amide bonds. The number of carbonyl (C=O) groups excluding carboxylic acids is 1. The van der Waals surface area contributed by atoms with Gasteiger partial charge in [0.05, 0.1) is 17.0 Å². The highest BCUT2D eigenvalue weighted by Crippen LogP contribution is 2.52. The van der Waals surface area contributed by atoms with Gasteiger partial charge in [-0.3, -0.25) is 14.9 Å². The van der Waals surface area contributed by atoms with E-state index < -0.39 is 17.6 Å². The Balaban J connectivity index is 1.28. The number of amides is 1. The predicted octanol–water partition coefficient (Wildman–Crippen LogP) is 2.26. The Hall–Kier alpha value is -3.09. The van der Waals surface area contributed by atoms with Crippen LogP contribution in [0.15, 0.2) is 24.4 Å². The minimum Gasteiger partial charge on any atom is -0.369 e. The third-order valence-corrected chi connectivity index (χ3v) is 8.51. The number of carbonyl (C=O) groups is 1. The number of nitro groups is 1. The maximum atomic E-state index is 14.4. The van der Waals surface area contributed by atoms with Crippen LogP contribution in [0, 0.1) is 39.6 Å². The van der Waals surface area contributed by atoms with Gasteiger partial charge in [-0.15, -0.1) is 0 Å². The van der Waals surface area contributed by atoms with Gasteiger partial charge >= 0.3 is 0 Å². The molecular weight excluding hydrogens is 515 g/mol. The SMILES string of the molecule is CN1CCN(c2ccc([N+](=O)[O-])cc2CNC[C@@H]2C[C@@H]3C[C@H]2[C@@H](Nc2nc(Cl)ncc2F)[C@H]3C(N)=O)CC1. The van der Waals surface area contributed by atoms with Gasteiger partial charge in [-0.05, 0) is 67.4 Å². The van der Waals surface area contributed by atoms with Gasteiger partial charge in [-0.2, -0.15) is 4.98 Å². The number of non-ortho nitro benzene ring substituents is 1. The fraction of sp³-hybridized carbons (Fsp3) is 0.560. The van der Waals surface area contributed by atoms with Crippen LogP contribution in [0.5, 0.6) is 0 Å². The summed E-state index contributed by atoms with van der Waals surface area (Å²) in [5.41, 5.74) is 7.70. The van der Waals surface area contributed by atoms with Crippen LogP contribution >= 0.6 is 11.6 Å². The standard InChI is InChI=1S/C25H32ClFN8O3/c1-33-4-6-34(7-5-33)20-3-2-17(35(37)38)9-16(20)12-29-11-15-8-14-10-18(15)22(21(14)23(28)36)31-24-19(27)13-30-25(26)32-24/h2-3,9,13-15,18,21-22,29H,4-8,10-12H2,1H3,(H2,28,36)(H,30,31,32)/t14-,15+,18-,21+,22-/m1/s1. The number of hydrogen-bond acceptors (Lipinski definition) is 9. The molecule has 0 unspecified atom stereocenters. The largest absolute Gasteiger partial charge is 0.369 e. The molecule has 3 fully saturated rings. The molecule has 3 aliphatic rings. The number of nitrogens with zero attached hydrogens (tertiary/aromatic N) is 5. The van der Waals surface area contributed by atoms with Crippen molar-refractivity contribution in [1.82, 2.24) is 20.2 Å². The monoisotopic (exact) mass is 546 g/mol. The highest BCUT2D eigenvalue weighted by molar-refractivity contribution is 6.28. The molecule has 5 atom stereocenters. The lowest BCUT2D eigenvalue weighted by Gasteiger charge is -2.36. The second kappa shape index (κ2) is 11.0. The topological polar surface area (TPSA) is 143 Å². The van der Waals surface area contributed by atoms with Gasteiger partial charge in [0.25, 0.3) is 5.69 Å². The maximum absolute atomic E-state index is 14.4. The van der Waals surface area contributed by atoms with Crippen molar-refractivity contribution >= 4 is 34.7 Å². The molecule has 11 nitrogen and oxygen atoms in total. The highest BCUT2D eigenvalue weighted by Gasteiger charge is 2.54. The summed E-state index contributed by atoms with van der Waals surface area (Å²) < 4.78 is 14.4. The lowest BCUT2D eigenvalue weighted by molar-refractivity contribution is -0.384. The van der Waals surface area contributed by atoms with Crippen LogP contribution in [0.25, 0.3) is 0 Å². The van der Waals surface area contributed by atoms with E-state index in [2.05, 4.69) is 37.4 Å². The van der Waals surface area contributed by atoms with E-state index in [1.54, 1.807) is 12.1 Å². The third-order valence-electron chi connectivity index (χ3n) is 8.33. The normalized spacial score (nSPS) is 27.0. The van der Waals surface area contributed by atoms with E-state index in [0.717, 1.165) is 56.5 Å². The average Bonchev–Trinajstić information content (AvgIpc) is 3.45. The zero-order valence-electron chi connectivity index (χ0n) is 21.1. The van der Waals surface area contributed by atoms with Crippen LogP contribution in [-0.4, -0.2) is 71.5 Å². The third kappa shape index (κ3) is 5.38. The Kier molecular flexibility index (Phi) is 7.64. The predicted molar refractivity (Wildman–Crippen MR) is 141 cm³/mol. The second-order valence-corrected chi connectivity index (χ2v) is 10.9. The van der Waals surface area contributed by atoms with Crippen molar-refractivity contribution < 1.29 is 14.1 Å². The van der Waals surface area contributed by atoms with Crippen molar-refractivity contribution in [3.8, 4) is 0 Å². The van der Waals surface area contributed by atoms with Crippen molar-refractivity contribution in [2.75, 3.05) is 50.0 Å². The first-order chi connectivity index (χ1) is 18.2. The number of likely N-dealkylation sites (N-methyl/N-ethyl adjacent to an activating group) is 1. The van der Waals surface area contributed by atoms with E-state index in [-0.39, 0.29) is 45.5 Å². The maximum Gasteiger partial charge on any atom is 0.269 e.